The Morgan fingerprint density at radius 3 is 2.91 bits per heavy atom. The average Bonchev–Trinajstić information content (AvgIpc) is 3.20. The van der Waals surface area contributed by atoms with E-state index in [1.807, 2.05) is 25.1 Å². The van der Waals surface area contributed by atoms with Crippen molar-refractivity contribution < 1.29 is 18.6 Å². The van der Waals surface area contributed by atoms with E-state index in [1.165, 1.54) is 0 Å². The fourth-order valence-electron chi connectivity index (χ4n) is 2.73. The van der Waals surface area contributed by atoms with E-state index in [4.69, 9.17) is 30.2 Å². The monoisotopic (exact) mass is 338 g/mol. The minimum atomic E-state index is -0.634. The molecule has 23 heavy (non-hydrogen) atoms. The number of ether oxygens (including phenoxy) is 3. The van der Waals surface area contributed by atoms with Crippen LogP contribution in [0.5, 0.6) is 5.75 Å². The maximum atomic E-state index is 6.25. The highest BCUT2D eigenvalue weighted by atomic mass is 35.5. The lowest BCUT2D eigenvalue weighted by Gasteiger charge is -2.22. The highest BCUT2D eigenvalue weighted by molar-refractivity contribution is 6.31. The Morgan fingerprint density at radius 1 is 1.35 bits per heavy atom. The van der Waals surface area contributed by atoms with Crippen molar-refractivity contribution in [3.05, 3.63) is 40.6 Å². The van der Waals surface area contributed by atoms with E-state index < -0.39 is 5.60 Å². The van der Waals surface area contributed by atoms with Gasteiger partial charge in [0.2, 0.25) is 5.89 Å². The summed E-state index contributed by atoms with van der Waals surface area (Å²) in [5.41, 5.74) is 0.185. The Hall–Kier alpha value is -1.63. The molecule has 0 amide bonds. The largest absolute Gasteiger partial charge is 0.496 e. The summed E-state index contributed by atoms with van der Waals surface area (Å²) >= 11 is 6.25. The lowest BCUT2D eigenvalue weighted by molar-refractivity contribution is -0.0664. The van der Waals surface area contributed by atoms with Gasteiger partial charge in [0, 0.05) is 23.6 Å². The second-order valence-electron chi connectivity index (χ2n) is 5.33. The zero-order chi connectivity index (χ0) is 16.3. The van der Waals surface area contributed by atoms with Crippen molar-refractivity contribution in [1.82, 2.24) is 10.2 Å². The van der Waals surface area contributed by atoms with Gasteiger partial charge in [-0.1, -0.05) is 17.7 Å². The van der Waals surface area contributed by atoms with Gasteiger partial charge < -0.3 is 18.6 Å². The van der Waals surface area contributed by atoms with Crippen LogP contribution in [0.3, 0.4) is 0 Å². The molecule has 2 aromatic rings. The average molecular weight is 339 g/mol. The highest BCUT2D eigenvalue weighted by Gasteiger charge is 2.42. The van der Waals surface area contributed by atoms with Gasteiger partial charge in [-0.3, -0.25) is 0 Å². The SMILES string of the molecule is CCOC1(c2nnc(Cc3c(Cl)cccc3OC)o2)CCOC1. The number of methoxy groups -OCH3 is 1. The molecule has 1 aromatic carbocycles. The molecule has 0 N–H and O–H groups in total. The van der Waals surface area contributed by atoms with Crippen molar-refractivity contribution in [2.24, 2.45) is 0 Å². The molecule has 2 heterocycles. The minimum Gasteiger partial charge on any atom is -0.496 e. The van der Waals surface area contributed by atoms with Gasteiger partial charge >= 0.3 is 0 Å². The first-order valence-corrected chi connectivity index (χ1v) is 7.92. The second kappa shape index (κ2) is 6.86. The second-order valence-corrected chi connectivity index (χ2v) is 5.74. The minimum absolute atomic E-state index is 0.402. The van der Waals surface area contributed by atoms with Crippen LogP contribution in [0.4, 0.5) is 0 Å². The number of aromatic nitrogens is 2. The summed E-state index contributed by atoms with van der Waals surface area (Å²) in [5, 5.41) is 8.90. The number of halogens is 1. The normalized spacial score (nSPS) is 20.8. The molecule has 0 saturated carbocycles. The third-order valence-electron chi connectivity index (χ3n) is 3.89. The van der Waals surface area contributed by atoms with E-state index in [9.17, 15) is 0 Å². The zero-order valence-electron chi connectivity index (χ0n) is 13.2. The third-order valence-corrected chi connectivity index (χ3v) is 4.24. The topological polar surface area (TPSA) is 66.6 Å². The van der Waals surface area contributed by atoms with Crippen LogP contribution in [-0.2, 0) is 21.5 Å². The Morgan fingerprint density at radius 2 is 2.22 bits per heavy atom. The zero-order valence-corrected chi connectivity index (χ0v) is 13.9. The predicted octanol–water partition coefficient (Wildman–Crippen LogP) is 2.97. The summed E-state index contributed by atoms with van der Waals surface area (Å²) in [7, 11) is 1.61. The Bertz CT molecular complexity index is 668. The maximum absolute atomic E-state index is 6.25. The Labute approximate surface area is 139 Å². The van der Waals surface area contributed by atoms with Crippen LogP contribution in [0.2, 0.25) is 5.02 Å². The molecule has 0 aliphatic carbocycles. The molecule has 1 aliphatic heterocycles. The van der Waals surface area contributed by atoms with Crippen molar-refractivity contribution in [2.45, 2.75) is 25.4 Å². The first-order valence-electron chi connectivity index (χ1n) is 7.54. The van der Waals surface area contributed by atoms with E-state index in [-0.39, 0.29) is 0 Å². The molecule has 1 atom stereocenters. The van der Waals surface area contributed by atoms with Crippen LogP contribution in [-0.4, -0.2) is 37.1 Å². The lowest BCUT2D eigenvalue weighted by atomic mass is 10.0. The van der Waals surface area contributed by atoms with Crippen molar-refractivity contribution in [3.8, 4) is 5.75 Å². The Kier molecular flexibility index (Phi) is 4.84. The van der Waals surface area contributed by atoms with Crippen LogP contribution in [0, 0.1) is 0 Å². The van der Waals surface area contributed by atoms with Crippen molar-refractivity contribution in [2.75, 3.05) is 26.9 Å². The fraction of sp³-hybridized carbons (Fsp3) is 0.500. The van der Waals surface area contributed by atoms with Crippen LogP contribution in [0.25, 0.3) is 0 Å². The lowest BCUT2D eigenvalue weighted by Crippen LogP contribution is -2.30. The molecule has 6 nitrogen and oxygen atoms in total. The van der Waals surface area contributed by atoms with Crippen molar-refractivity contribution in [3.63, 3.8) is 0 Å². The van der Waals surface area contributed by atoms with Crippen molar-refractivity contribution in [1.29, 1.82) is 0 Å². The third kappa shape index (κ3) is 3.20. The molecule has 1 aromatic heterocycles. The molecule has 3 rings (SSSR count). The van der Waals surface area contributed by atoms with Crippen LogP contribution in [0.1, 0.15) is 30.7 Å². The number of benzene rings is 1. The molecular weight excluding hydrogens is 320 g/mol. The molecule has 0 bridgehead atoms. The first kappa shape index (κ1) is 16.2. The van der Waals surface area contributed by atoms with Gasteiger partial charge in [-0.2, -0.15) is 0 Å². The summed E-state index contributed by atoms with van der Waals surface area (Å²) in [6, 6.07) is 5.50. The number of rotatable bonds is 6. The van der Waals surface area contributed by atoms with Crippen LogP contribution >= 0.6 is 11.6 Å². The van der Waals surface area contributed by atoms with Crippen LogP contribution < -0.4 is 4.74 Å². The molecule has 7 heteroatoms. The molecule has 0 radical (unpaired) electrons. The summed E-state index contributed by atoms with van der Waals surface area (Å²) in [6.45, 7) is 3.54. The van der Waals surface area contributed by atoms with E-state index >= 15 is 0 Å². The molecule has 1 unspecified atom stereocenters. The summed E-state index contributed by atoms with van der Waals surface area (Å²) in [4.78, 5) is 0. The van der Waals surface area contributed by atoms with Crippen molar-refractivity contribution >= 4 is 11.6 Å². The van der Waals surface area contributed by atoms with E-state index in [1.54, 1.807) is 7.11 Å². The van der Waals surface area contributed by atoms with Gasteiger partial charge in [0.25, 0.3) is 5.89 Å². The maximum Gasteiger partial charge on any atom is 0.250 e. The predicted molar refractivity (Wildman–Crippen MR) is 83.8 cm³/mol. The smallest absolute Gasteiger partial charge is 0.250 e. The standard InChI is InChI=1S/C16H19ClN2O4/c1-3-22-16(7-8-21-10-16)15-19-18-14(23-15)9-11-12(17)5-4-6-13(11)20-2/h4-6H,3,7-10H2,1-2H3. The van der Waals surface area contributed by atoms with E-state index in [0.29, 0.717) is 55.2 Å². The summed E-state index contributed by atoms with van der Waals surface area (Å²) in [5.74, 6) is 1.62. The quantitative estimate of drug-likeness (QED) is 0.806. The number of hydrogen-bond acceptors (Lipinski definition) is 6. The fourth-order valence-corrected chi connectivity index (χ4v) is 2.96. The first-order chi connectivity index (χ1) is 11.2. The summed E-state index contributed by atoms with van der Waals surface area (Å²) < 4.78 is 22.5. The van der Waals surface area contributed by atoms with Gasteiger partial charge in [-0.25, -0.2) is 0 Å². The Balaban J connectivity index is 1.85. The van der Waals surface area contributed by atoms with Gasteiger partial charge in [-0.15, -0.1) is 10.2 Å². The van der Waals surface area contributed by atoms with Gasteiger partial charge in [0.15, 0.2) is 5.60 Å². The number of nitrogens with zero attached hydrogens (tertiary/aromatic N) is 2. The van der Waals surface area contributed by atoms with E-state index in [0.717, 1.165) is 5.56 Å². The van der Waals surface area contributed by atoms with Crippen LogP contribution in [0.15, 0.2) is 22.6 Å². The molecule has 1 fully saturated rings. The molecule has 1 aliphatic rings. The van der Waals surface area contributed by atoms with E-state index in [2.05, 4.69) is 10.2 Å². The molecule has 124 valence electrons. The summed E-state index contributed by atoms with van der Waals surface area (Å²) in [6.07, 6.45) is 1.11. The number of hydrogen-bond donors (Lipinski definition) is 0. The van der Waals surface area contributed by atoms with Gasteiger partial charge in [0.1, 0.15) is 5.75 Å². The van der Waals surface area contributed by atoms with Gasteiger partial charge in [0.05, 0.1) is 26.7 Å². The van der Waals surface area contributed by atoms with Gasteiger partial charge in [-0.05, 0) is 19.1 Å². The molecule has 0 spiro atoms. The highest BCUT2D eigenvalue weighted by Crippen LogP contribution is 2.34. The molecular formula is C16H19ClN2O4. The molecule has 1 saturated heterocycles.